The van der Waals surface area contributed by atoms with Crippen LogP contribution in [0.5, 0.6) is 0 Å². The highest BCUT2D eigenvalue weighted by molar-refractivity contribution is 7.89. The first-order chi connectivity index (χ1) is 16.6. The zero-order valence-electron chi connectivity index (χ0n) is 18.8. The first-order valence-corrected chi connectivity index (χ1v) is 12.1. The molecule has 0 saturated carbocycles. The molecule has 1 atom stereocenters. The molecule has 1 heterocycles. The molecule has 2 amide bonds. The number of sulfonamides is 1. The molecule has 0 unspecified atom stereocenters. The van der Waals surface area contributed by atoms with E-state index in [0.29, 0.717) is 33.8 Å². The number of fused-ring (bicyclic) bond motifs is 1. The lowest BCUT2D eigenvalue weighted by Crippen LogP contribution is -2.41. The van der Waals surface area contributed by atoms with Crippen LogP contribution in [-0.2, 0) is 19.6 Å². The number of imidazole rings is 1. The molecule has 3 aromatic carbocycles. The number of hydrogen-bond donors (Lipinski definition) is 4. The van der Waals surface area contributed by atoms with Gasteiger partial charge in [0.2, 0.25) is 21.8 Å². The van der Waals surface area contributed by atoms with Crippen molar-refractivity contribution in [2.45, 2.75) is 24.8 Å². The van der Waals surface area contributed by atoms with Gasteiger partial charge in [-0.05, 0) is 73.7 Å². The molecule has 4 rings (SSSR count). The Hall–Kier alpha value is -4.09. The number of aromatic amines is 1. The Morgan fingerprint density at radius 2 is 1.60 bits per heavy atom. The maximum atomic E-state index is 13.2. The summed E-state index contributed by atoms with van der Waals surface area (Å²) in [5, 5.41) is 5.24. The third-order valence-electron chi connectivity index (χ3n) is 5.08. The van der Waals surface area contributed by atoms with Crippen LogP contribution in [0.3, 0.4) is 0 Å². The lowest BCUT2D eigenvalue weighted by atomic mass is 10.2. The van der Waals surface area contributed by atoms with Gasteiger partial charge in [-0.1, -0.05) is 0 Å². The molecule has 0 spiro atoms. The van der Waals surface area contributed by atoms with Crippen molar-refractivity contribution in [1.29, 1.82) is 0 Å². The van der Waals surface area contributed by atoms with Crippen LogP contribution in [0, 0.1) is 5.82 Å². The molecule has 0 aliphatic carbocycles. The van der Waals surface area contributed by atoms with Gasteiger partial charge in [-0.25, -0.2) is 17.8 Å². The number of nitrogens with zero attached hydrogens (tertiary/aromatic N) is 1. The molecule has 11 heteroatoms. The number of rotatable bonds is 7. The monoisotopic (exact) mass is 495 g/mol. The zero-order valence-corrected chi connectivity index (χ0v) is 19.6. The molecular formula is C24H22FN5O4S. The second kappa shape index (κ2) is 9.65. The Labute approximate surface area is 200 Å². The number of amides is 2. The van der Waals surface area contributed by atoms with Crippen molar-refractivity contribution in [2.75, 3.05) is 10.6 Å². The van der Waals surface area contributed by atoms with E-state index in [1.54, 1.807) is 30.3 Å². The summed E-state index contributed by atoms with van der Waals surface area (Å²) >= 11 is 0. The van der Waals surface area contributed by atoms with Gasteiger partial charge >= 0.3 is 0 Å². The second-order valence-corrected chi connectivity index (χ2v) is 9.58. The number of H-pyrrole nitrogens is 1. The lowest BCUT2D eigenvalue weighted by Gasteiger charge is -2.15. The Kier molecular flexibility index (Phi) is 6.63. The van der Waals surface area contributed by atoms with E-state index in [-0.39, 0.29) is 16.6 Å². The van der Waals surface area contributed by atoms with Gasteiger partial charge in [-0.2, -0.15) is 4.72 Å². The summed E-state index contributed by atoms with van der Waals surface area (Å²) < 4.78 is 40.8. The van der Waals surface area contributed by atoms with Gasteiger partial charge in [0.05, 0.1) is 22.0 Å². The number of nitrogens with one attached hydrogen (secondary N) is 4. The summed E-state index contributed by atoms with van der Waals surface area (Å²) in [6, 6.07) is 15.5. The van der Waals surface area contributed by atoms with Gasteiger partial charge < -0.3 is 15.6 Å². The van der Waals surface area contributed by atoms with Crippen LogP contribution in [0.15, 0.2) is 71.6 Å². The van der Waals surface area contributed by atoms with E-state index in [4.69, 9.17) is 0 Å². The van der Waals surface area contributed by atoms with Gasteiger partial charge in [0, 0.05) is 23.9 Å². The Morgan fingerprint density at radius 1 is 0.943 bits per heavy atom. The van der Waals surface area contributed by atoms with Crippen molar-refractivity contribution >= 4 is 44.2 Å². The summed E-state index contributed by atoms with van der Waals surface area (Å²) in [5.74, 6) is -0.624. The lowest BCUT2D eigenvalue weighted by molar-refractivity contribution is -0.117. The molecule has 35 heavy (non-hydrogen) atoms. The number of halogens is 1. The van der Waals surface area contributed by atoms with Crippen molar-refractivity contribution in [3.05, 3.63) is 72.5 Å². The Morgan fingerprint density at radius 3 is 2.26 bits per heavy atom. The van der Waals surface area contributed by atoms with Crippen LogP contribution in [0.4, 0.5) is 15.8 Å². The number of carbonyl (C=O) groups excluding carboxylic acids is 2. The fourth-order valence-corrected chi connectivity index (χ4v) is 4.56. The highest BCUT2D eigenvalue weighted by Gasteiger charge is 2.22. The maximum absolute atomic E-state index is 13.2. The summed E-state index contributed by atoms with van der Waals surface area (Å²) in [4.78, 5) is 31.3. The predicted molar refractivity (Wildman–Crippen MR) is 131 cm³/mol. The zero-order chi connectivity index (χ0) is 25.2. The first-order valence-electron chi connectivity index (χ1n) is 10.6. The number of carbonyl (C=O) groups is 2. The molecule has 0 bridgehead atoms. The van der Waals surface area contributed by atoms with Gasteiger partial charge in [-0.3, -0.25) is 9.59 Å². The van der Waals surface area contributed by atoms with Crippen molar-refractivity contribution in [1.82, 2.24) is 14.7 Å². The van der Waals surface area contributed by atoms with Gasteiger partial charge in [0.15, 0.2) is 0 Å². The van der Waals surface area contributed by atoms with Crippen molar-refractivity contribution in [2.24, 2.45) is 0 Å². The van der Waals surface area contributed by atoms with E-state index in [1.165, 1.54) is 50.2 Å². The smallest absolute Gasteiger partial charge is 0.242 e. The van der Waals surface area contributed by atoms with E-state index in [9.17, 15) is 22.4 Å². The second-order valence-electron chi connectivity index (χ2n) is 7.86. The minimum Gasteiger partial charge on any atom is -0.338 e. The standard InChI is InChI=1S/C24H22FN5O4S/c1-14(30-35(33,34)20-10-7-18(8-11-20)26-15(2)31)24(32)27-19-9-12-21-22(13-19)29-23(28-21)16-3-5-17(25)6-4-16/h3-14,30H,1-2H3,(H,26,31)(H,27,32)(H,28,29)/t14-/m0/s1. The van der Waals surface area contributed by atoms with Gasteiger partial charge in [0.25, 0.3) is 0 Å². The van der Waals surface area contributed by atoms with E-state index >= 15 is 0 Å². The number of benzene rings is 3. The van der Waals surface area contributed by atoms with Crippen LogP contribution in [0.25, 0.3) is 22.4 Å². The van der Waals surface area contributed by atoms with Crippen LogP contribution < -0.4 is 15.4 Å². The van der Waals surface area contributed by atoms with Crippen LogP contribution >= 0.6 is 0 Å². The predicted octanol–water partition coefficient (Wildman–Crippen LogP) is 3.63. The SMILES string of the molecule is CC(=O)Nc1ccc(S(=O)(=O)N[C@@H](C)C(=O)Nc2ccc3nc(-c4ccc(F)cc4)[nH]c3c2)cc1. The molecule has 0 aliphatic heterocycles. The number of anilines is 2. The summed E-state index contributed by atoms with van der Waals surface area (Å²) in [7, 11) is -3.97. The van der Waals surface area contributed by atoms with E-state index in [0.717, 1.165) is 0 Å². The minimum absolute atomic E-state index is 0.0431. The quantitative estimate of drug-likeness (QED) is 0.311. The average Bonchev–Trinajstić information content (AvgIpc) is 3.22. The topological polar surface area (TPSA) is 133 Å². The normalized spacial score (nSPS) is 12.3. The van der Waals surface area contributed by atoms with Crippen molar-refractivity contribution in [3.8, 4) is 11.4 Å². The first kappa shape index (κ1) is 24.0. The molecule has 0 saturated heterocycles. The molecule has 4 N–H and O–H groups in total. The largest absolute Gasteiger partial charge is 0.338 e. The van der Waals surface area contributed by atoms with E-state index < -0.39 is 22.0 Å². The fourth-order valence-electron chi connectivity index (χ4n) is 3.36. The molecule has 9 nitrogen and oxygen atoms in total. The molecule has 4 aromatic rings. The fraction of sp³-hybridized carbons (Fsp3) is 0.125. The van der Waals surface area contributed by atoms with Crippen molar-refractivity contribution in [3.63, 3.8) is 0 Å². The van der Waals surface area contributed by atoms with Crippen LogP contribution in [-0.4, -0.2) is 36.2 Å². The molecule has 0 fully saturated rings. The number of hydrogen-bond acceptors (Lipinski definition) is 5. The highest BCUT2D eigenvalue weighted by Crippen LogP contribution is 2.23. The Bertz CT molecular complexity index is 1500. The summed E-state index contributed by atoms with van der Waals surface area (Å²) in [6.07, 6.45) is 0. The van der Waals surface area contributed by atoms with Crippen LogP contribution in [0.1, 0.15) is 13.8 Å². The third-order valence-corrected chi connectivity index (χ3v) is 6.63. The molecular weight excluding hydrogens is 473 g/mol. The van der Waals surface area contributed by atoms with Crippen molar-refractivity contribution < 1.29 is 22.4 Å². The van der Waals surface area contributed by atoms with E-state index in [1.807, 2.05) is 0 Å². The molecule has 1 aromatic heterocycles. The third kappa shape index (κ3) is 5.70. The summed E-state index contributed by atoms with van der Waals surface area (Å²) in [5.41, 5.74) is 2.91. The molecule has 0 radical (unpaired) electrons. The van der Waals surface area contributed by atoms with E-state index in [2.05, 4.69) is 25.3 Å². The highest BCUT2D eigenvalue weighted by atomic mass is 32.2. The number of aromatic nitrogens is 2. The minimum atomic E-state index is -3.97. The molecule has 0 aliphatic rings. The summed E-state index contributed by atoms with van der Waals surface area (Å²) in [6.45, 7) is 2.78. The van der Waals surface area contributed by atoms with Gasteiger partial charge in [0.1, 0.15) is 11.6 Å². The average molecular weight is 496 g/mol. The van der Waals surface area contributed by atoms with Crippen LogP contribution in [0.2, 0.25) is 0 Å². The molecule has 180 valence electrons. The van der Waals surface area contributed by atoms with Gasteiger partial charge in [-0.15, -0.1) is 0 Å². The maximum Gasteiger partial charge on any atom is 0.242 e. The Balaban J connectivity index is 1.44.